The van der Waals surface area contributed by atoms with Crippen molar-refractivity contribution in [1.82, 2.24) is 14.9 Å². The number of ether oxygens (including phenoxy) is 1. The summed E-state index contributed by atoms with van der Waals surface area (Å²) in [7, 11) is 1.43. The minimum atomic E-state index is -0.869. The Morgan fingerprint density at radius 2 is 2.35 bits per heavy atom. The highest BCUT2D eigenvalue weighted by atomic mass is 16.5. The van der Waals surface area contributed by atoms with Gasteiger partial charge >= 0.3 is 18.0 Å². The van der Waals surface area contributed by atoms with Gasteiger partial charge in [0.15, 0.2) is 0 Å². The van der Waals surface area contributed by atoms with E-state index < -0.39 is 11.9 Å². The van der Waals surface area contributed by atoms with Crippen LogP contribution in [0.3, 0.4) is 0 Å². The van der Waals surface area contributed by atoms with Crippen LogP contribution in [-0.2, 0) is 4.79 Å². The van der Waals surface area contributed by atoms with Crippen LogP contribution in [0.4, 0.5) is 10.6 Å². The molecule has 0 aliphatic carbocycles. The van der Waals surface area contributed by atoms with Crippen LogP contribution in [-0.4, -0.2) is 52.2 Å². The molecule has 20 heavy (non-hydrogen) atoms. The Morgan fingerprint density at radius 3 is 3.05 bits per heavy atom. The van der Waals surface area contributed by atoms with Crippen LogP contribution >= 0.6 is 0 Å². The number of amides is 2. The van der Waals surface area contributed by atoms with Gasteiger partial charge in [0.1, 0.15) is 5.82 Å². The van der Waals surface area contributed by atoms with Crippen LogP contribution in [0.1, 0.15) is 12.8 Å². The number of carboxylic acid groups (broad SMARTS) is 1. The number of urea groups is 1. The number of hydrogen-bond donors (Lipinski definition) is 2. The third kappa shape index (κ3) is 3.34. The lowest BCUT2D eigenvalue weighted by Gasteiger charge is -2.30. The molecule has 2 N–H and O–H groups in total. The molecule has 2 amide bonds. The maximum absolute atomic E-state index is 12.1. The quantitative estimate of drug-likeness (QED) is 0.849. The number of carbonyl (C=O) groups excluding carboxylic acids is 1. The summed E-state index contributed by atoms with van der Waals surface area (Å²) in [5.41, 5.74) is 0. The number of nitrogens with one attached hydrogen (secondary N) is 1. The Kier molecular flexibility index (Phi) is 4.34. The Bertz CT molecular complexity index is 508. The number of hydrogen-bond acceptors (Lipinski definition) is 5. The van der Waals surface area contributed by atoms with Crippen molar-refractivity contribution in [2.75, 3.05) is 25.5 Å². The Hall–Kier alpha value is -2.38. The number of carbonyl (C=O) groups is 2. The first kappa shape index (κ1) is 14.0. The zero-order valence-corrected chi connectivity index (χ0v) is 11.1. The standard InChI is InChI=1S/C12H16N4O4/c1-20-11-13-5-4-9(14-11)15-12(19)16-6-2-3-8(7-16)10(17)18/h4-5,8H,2-3,6-7H2,1H3,(H,17,18)(H,13,14,15,19). The van der Waals surface area contributed by atoms with Gasteiger partial charge in [0.2, 0.25) is 0 Å². The van der Waals surface area contributed by atoms with Crippen molar-refractivity contribution in [3.63, 3.8) is 0 Å². The number of carboxylic acids is 1. The highest BCUT2D eigenvalue weighted by molar-refractivity contribution is 5.88. The molecule has 0 aromatic carbocycles. The lowest BCUT2D eigenvalue weighted by Crippen LogP contribution is -2.44. The smallest absolute Gasteiger partial charge is 0.323 e. The number of aromatic nitrogens is 2. The molecule has 1 saturated heterocycles. The summed E-state index contributed by atoms with van der Waals surface area (Å²) in [5, 5.41) is 11.6. The van der Waals surface area contributed by atoms with Crippen LogP contribution in [0.5, 0.6) is 6.01 Å². The molecular formula is C12H16N4O4. The summed E-state index contributed by atoms with van der Waals surface area (Å²) in [5.74, 6) is -1.06. The second-order valence-electron chi connectivity index (χ2n) is 4.48. The van der Waals surface area contributed by atoms with Gasteiger partial charge in [-0.25, -0.2) is 9.78 Å². The minimum Gasteiger partial charge on any atom is -0.481 e. The highest BCUT2D eigenvalue weighted by Gasteiger charge is 2.28. The van der Waals surface area contributed by atoms with E-state index in [1.54, 1.807) is 6.07 Å². The normalized spacial score (nSPS) is 18.4. The van der Waals surface area contributed by atoms with Crippen LogP contribution < -0.4 is 10.1 Å². The summed E-state index contributed by atoms with van der Waals surface area (Å²) in [6, 6.07) is 1.33. The third-order valence-corrected chi connectivity index (χ3v) is 3.11. The number of aliphatic carboxylic acids is 1. The van der Waals surface area contributed by atoms with Crippen molar-refractivity contribution in [2.24, 2.45) is 5.92 Å². The van der Waals surface area contributed by atoms with E-state index in [0.717, 1.165) is 0 Å². The van der Waals surface area contributed by atoms with E-state index in [4.69, 9.17) is 9.84 Å². The number of anilines is 1. The lowest BCUT2D eigenvalue weighted by atomic mass is 9.99. The molecule has 1 atom stereocenters. The zero-order valence-electron chi connectivity index (χ0n) is 11.1. The van der Waals surface area contributed by atoms with E-state index in [1.807, 2.05) is 0 Å². The molecule has 1 aliphatic heterocycles. The molecule has 0 radical (unpaired) electrons. The molecule has 1 aromatic rings. The zero-order chi connectivity index (χ0) is 14.5. The second-order valence-corrected chi connectivity index (χ2v) is 4.48. The Labute approximate surface area is 115 Å². The topological polar surface area (TPSA) is 105 Å². The van der Waals surface area contributed by atoms with Gasteiger partial charge in [0.25, 0.3) is 0 Å². The molecule has 8 nitrogen and oxygen atoms in total. The maximum atomic E-state index is 12.1. The molecule has 2 rings (SSSR count). The predicted octanol–water partition coefficient (Wildman–Crippen LogP) is 0.814. The van der Waals surface area contributed by atoms with E-state index in [0.29, 0.717) is 25.2 Å². The van der Waals surface area contributed by atoms with E-state index in [2.05, 4.69) is 15.3 Å². The first-order valence-electron chi connectivity index (χ1n) is 6.26. The van der Waals surface area contributed by atoms with Crippen LogP contribution in [0, 0.1) is 5.92 Å². The number of piperidine rings is 1. The third-order valence-electron chi connectivity index (χ3n) is 3.11. The van der Waals surface area contributed by atoms with Gasteiger partial charge < -0.3 is 14.7 Å². The summed E-state index contributed by atoms with van der Waals surface area (Å²) in [6.45, 7) is 0.751. The van der Waals surface area contributed by atoms with Crippen molar-refractivity contribution in [2.45, 2.75) is 12.8 Å². The predicted molar refractivity (Wildman–Crippen MR) is 69.5 cm³/mol. The molecule has 0 saturated carbocycles. The van der Waals surface area contributed by atoms with Crippen molar-refractivity contribution in [3.05, 3.63) is 12.3 Å². The summed E-state index contributed by atoms with van der Waals surface area (Å²) in [4.78, 5) is 32.3. The molecule has 1 unspecified atom stereocenters. The first-order chi connectivity index (χ1) is 9.60. The molecule has 0 bridgehead atoms. The molecule has 1 aromatic heterocycles. The van der Waals surface area contributed by atoms with Gasteiger partial charge in [0.05, 0.1) is 13.0 Å². The monoisotopic (exact) mass is 280 g/mol. The molecule has 2 heterocycles. The summed E-state index contributed by atoms with van der Waals surface area (Å²) >= 11 is 0. The second kappa shape index (κ2) is 6.18. The fourth-order valence-electron chi connectivity index (χ4n) is 2.06. The van der Waals surface area contributed by atoms with E-state index in [1.165, 1.54) is 18.2 Å². The first-order valence-corrected chi connectivity index (χ1v) is 6.26. The van der Waals surface area contributed by atoms with Gasteiger partial charge in [-0.15, -0.1) is 0 Å². The Balaban J connectivity index is 1.98. The number of rotatable bonds is 3. The van der Waals surface area contributed by atoms with Crippen LogP contribution in [0.2, 0.25) is 0 Å². The molecular weight excluding hydrogens is 264 g/mol. The molecule has 0 spiro atoms. The largest absolute Gasteiger partial charge is 0.481 e. The maximum Gasteiger partial charge on any atom is 0.323 e. The minimum absolute atomic E-state index is 0.157. The summed E-state index contributed by atoms with van der Waals surface area (Å²) in [6.07, 6.45) is 2.75. The average Bonchev–Trinajstić information content (AvgIpc) is 2.47. The van der Waals surface area contributed by atoms with Crippen molar-refractivity contribution >= 4 is 17.8 Å². The van der Waals surface area contributed by atoms with Crippen LogP contribution in [0.15, 0.2) is 12.3 Å². The highest BCUT2D eigenvalue weighted by Crippen LogP contribution is 2.17. The average molecular weight is 280 g/mol. The van der Waals surface area contributed by atoms with Gasteiger partial charge in [0, 0.05) is 19.3 Å². The molecule has 1 aliphatic rings. The molecule has 1 fully saturated rings. The van der Waals surface area contributed by atoms with Crippen molar-refractivity contribution < 1.29 is 19.4 Å². The van der Waals surface area contributed by atoms with E-state index in [-0.39, 0.29) is 18.6 Å². The van der Waals surface area contributed by atoms with Crippen molar-refractivity contribution in [1.29, 1.82) is 0 Å². The fraction of sp³-hybridized carbons (Fsp3) is 0.500. The number of methoxy groups -OCH3 is 1. The van der Waals surface area contributed by atoms with Crippen molar-refractivity contribution in [3.8, 4) is 6.01 Å². The number of nitrogens with zero attached hydrogens (tertiary/aromatic N) is 3. The van der Waals surface area contributed by atoms with Gasteiger partial charge in [-0.3, -0.25) is 10.1 Å². The lowest BCUT2D eigenvalue weighted by molar-refractivity contribution is -0.143. The van der Waals surface area contributed by atoms with Gasteiger partial charge in [-0.1, -0.05) is 0 Å². The fourth-order valence-corrected chi connectivity index (χ4v) is 2.06. The van der Waals surface area contributed by atoms with E-state index in [9.17, 15) is 9.59 Å². The van der Waals surface area contributed by atoms with Gasteiger partial charge in [-0.05, 0) is 18.9 Å². The molecule has 108 valence electrons. The number of likely N-dealkylation sites (tertiary alicyclic amines) is 1. The SMILES string of the molecule is COc1nccc(NC(=O)N2CCCC(C(=O)O)C2)n1. The van der Waals surface area contributed by atoms with E-state index >= 15 is 0 Å². The summed E-state index contributed by atoms with van der Waals surface area (Å²) < 4.78 is 4.87. The molecule has 8 heteroatoms. The van der Waals surface area contributed by atoms with Gasteiger partial charge in [-0.2, -0.15) is 4.98 Å². The Morgan fingerprint density at radius 1 is 1.55 bits per heavy atom. The van der Waals surface area contributed by atoms with Crippen LogP contribution in [0.25, 0.3) is 0 Å².